The summed E-state index contributed by atoms with van der Waals surface area (Å²) in [6.07, 6.45) is 0.787. The van der Waals surface area contributed by atoms with E-state index in [0.717, 1.165) is 24.1 Å². The van der Waals surface area contributed by atoms with Crippen molar-refractivity contribution in [3.8, 4) is 11.8 Å². The van der Waals surface area contributed by atoms with Crippen molar-refractivity contribution in [2.75, 3.05) is 6.54 Å². The Morgan fingerprint density at radius 2 is 1.83 bits per heavy atom. The van der Waals surface area contributed by atoms with Gasteiger partial charge in [0, 0.05) is 35.0 Å². The third-order valence-electron chi connectivity index (χ3n) is 6.52. The molecule has 0 N–H and O–H groups in total. The lowest BCUT2D eigenvalue weighted by Gasteiger charge is -2.66. The molecule has 1 saturated carbocycles. The number of hydrogen-bond acceptors (Lipinski definition) is 3. The van der Waals surface area contributed by atoms with E-state index < -0.39 is 0 Å². The number of halogens is 1. The van der Waals surface area contributed by atoms with Crippen molar-refractivity contribution in [1.82, 2.24) is 4.90 Å². The highest BCUT2D eigenvalue weighted by molar-refractivity contribution is 6.31. The van der Waals surface area contributed by atoms with Crippen LogP contribution in [0, 0.1) is 22.2 Å². The van der Waals surface area contributed by atoms with Crippen LogP contribution in [-0.4, -0.2) is 29.5 Å². The van der Waals surface area contributed by atoms with Gasteiger partial charge in [-0.25, -0.2) is 0 Å². The number of nitriles is 1. The van der Waals surface area contributed by atoms with Crippen molar-refractivity contribution in [3.63, 3.8) is 0 Å². The monoisotopic (exact) mass is 408 g/mol. The van der Waals surface area contributed by atoms with E-state index in [2.05, 4.69) is 33.8 Å². The average Bonchev–Trinajstić information content (AvgIpc) is 2.68. The lowest BCUT2D eigenvalue weighted by Crippen LogP contribution is -2.75. The van der Waals surface area contributed by atoms with Gasteiger partial charge in [0.1, 0.15) is 17.9 Å². The molecule has 4 nitrogen and oxygen atoms in total. The third-order valence-corrected chi connectivity index (χ3v) is 6.83. The minimum atomic E-state index is -0.230. The first-order valence-corrected chi connectivity index (χ1v) is 10.3. The Morgan fingerprint density at radius 1 is 1.14 bits per heavy atom. The number of fused-ring (bicyclic) bond motifs is 1. The molecule has 0 radical (unpaired) electrons. The van der Waals surface area contributed by atoms with Gasteiger partial charge in [-0.2, -0.15) is 5.26 Å². The van der Waals surface area contributed by atoms with Crippen LogP contribution in [0.2, 0.25) is 5.02 Å². The Bertz CT molecular complexity index is 1010. The second-order valence-corrected chi connectivity index (χ2v) is 9.61. The first-order valence-electron chi connectivity index (χ1n) is 9.93. The van der Waals surface area contributed by atoms with Crippen LogP contribution in [0.5, 0.6) is 5.75 Å². The van der Waals surface area contributed by atoms with E-state index in [4.69, 9.17) is 21.6 Å². The third kappa shape index (κ3) is 3.00. The quantitative estimate of drug-likeness (QED) is 0.710. The SMILES string of the molecule is CC1(C)[C@H](Oc2ccc(C#N)c(Cl)c2)C(C)(C)[C@H]1N1CCc2ccccc2C1=O. The molecule has 0 bridgehead atoms. The normalized spacial score (nSPS) is 24.3. The molecule has 1 fully saturated rings. The van der Waals surface area contributed by atoms with E-state index in [1.807, 2.05) is 29.2 Å². The van der Waals surface area contributed by atoms with Crippen LogP contribution in [0.1, 0.15) is 49.2 Å². The van der Waals surface area contributed by atoms with Gasteiger partial charge in [-0.1, -0.05) is 57.5 Å². The van der Waals surface area contributed by atoms with Crippen LogP contribution >= 0.6 is 11.6 Å². The maximum Gasteiger partial charge on any atom is 0.254 e. The maximum absolute atomic E-state index is 13.2. The summed E-state index contributed by atoms with van der Waals surface area (Å²) in [4.78, 5) is 15.3. The Kier molecular flexibility index (Phi) is 4.63. The van der Waals surface area contributed by atoms with Gasteiger partial charge in [-0.05, 0) is 30.2 Å². The lowest BCUT2D eigenvalue weighted by molar-refractivity contribution is -0.199. The zero-order chi connectivity index (χ0) is 21.0. The van der Waals surface area contributed by atoms with Crippen molar-refractivity contribution in [3.05, 3.63) is 64.2 Å². The van der Waals surface area contributed by atoms with Gasteiger partial charge in [0.25, 0.3) is 5.91 Å². The minimum Gasteiger partial charge on any atom is -0.489 e. The van der Waals surface area contributed by atoms with E-state index in [0.29, 0.717) is 16.3 Å². The molecule has 150 valence electrons. The molecule has 29 heavy (non-hydrogen) atoms. The molecule has 0 aromatic heterocycles. The smallest absolute Gasteiger partial charge is 0.254 e. The van der Waals surface area contributed by atoms with Gasteiger partial charge < -0.3 is 9.64 Å². The topological polar surface area (TPSA) is 53.3 Å². The van der Waals surface area contributed by atoms with E-state index in [9.17, 15) is 4.79 Å². The average molecular weight is 409 g/mol. The van der Waals surface area contributed by atoms with Crippen molar-refractivity contribution < 1.29 is 9.53 Å². The van der Waals surface area contributed by atoms with Gasteiger partial charge >= 0.3 is 0 Å². The summed E-state index contributed by atoms with van der Waals surface area (Å²) in [6.45, 7) is 9.36. The Morgan fingerprint density at radius 3 is 2.48 bits per heavy atom. The first-order chi connectivity index (χ1) is 13.7. The molecule has 1 aliphatic carbocycles. The molecular weight excluding hydrogens is 384 g/mol. The summed E-state index contributed by atoms with van der Waals surface area (Å²) < 4.78 is 6.36. The molecule has 2 aliphatic rings. The van der Waals surface area contributed by atoms with Crippen LogP contribution in [0.3, 0.4) is 0 Å². The maximum atomic E-state index is 13.2. The van der Waals surface area contributed by atoms with Crippen LogP contribution < -0.4 is 4.74 Å². The van der Waals surface area contributed by atoms with Gasteiger partial charge in [0.05, 0.1) is 10.6 Å². The number of rotatable bonds is 3. The number of hydrogen-bond donors (Lipinski definition) is 0. The molecule has 2 aromatic carbocycles. The molecule has 0 unspecified atom stereocenters. The van der Waals surface area contributed by atoms with Crippen LogP contribution in [-0.2, 0) is 6.42 Å². The van der Waals surface area contributed by atoms with E-state index in [1.54, 1.807) is 18.2 Å². The van der Waals surface area contributed by atoms with Gasteiger partial charge in [0.15, 0.2) is 0 Å². The highest BCUT2D eigenvalue weighted by Gasteiger charge is 2.66. The molecular formula is C24H25ClN2O2. The Labute approximate surface area is 177 Å². The van der Waals surface area contributed by atoms with E-state index in [-0.39, 0.29) is 28.9 Å². The fourth-order valence-electron chi connectivity index (χ4n) is 5.70. The number of benzene rings is 2. The molecule has 0 spiro atoms. The number of carbonyl (C=O) groups excluding carboxylic acids is 1. The number of amides is 1. The van der Waals surface area contributed by atoms with Crippen molar-refractivity contribution >= 4 is 17.5 Å². The van der Waals surface area contributed by atoms with Gasteiger partial charge in [-0.3, -0.25) is 4.79 Å². The largest absolute Gasteiger partial charge is 0.489 e. The highest BCUT2D eigenvalue weighted by atomic mass is 35.5. The number of carbonyl (C=O) groups is 1. The fourth-order valence-corrected chi connectivity index (χ4v) is 5.91. The molecule has 5 heteroatoms. The second-order valence-electron chi connectivity index (χ2n) is 9.20. The summed E-state index contributed by atoms with van der Waals surface area (Å²) in [5.74, 6) is 0.756. The fraction of sp³-hybridized carbons (Fsp3) is 0.417. The van der Waals surface area contributed by atoms with Crippen LogP contribution in [0.4, 0.5) is 0 Å². The molecule has 1 aliphatic heterocycles. The van der Waals surface area contributed by atoms with Gasteiger partial charge in [-0.15, -0.1) is 0 Å². The minimum absolute atomic E-state index is 0.0645. The van der Waals surface area contributed by atoms with E-state index in [1.165, 1.54) is 0 Å². The highest BCUT2D eigenvalue weighted by Crippen LogP contribution is 2.58. The van der Waals surface area contributed by atoms with Crippen LogP contribution in [0.25, 0.3) is 0 Å². The molecule has 0 atom stereocenters. The summed E-state index contributed by atoms with van der Waals surface area (Å²) in [6, 6.07) is 15.2. The Balaban J connectivity index is 1.60. The molecule has 4 rings (SSSR count). The zero-order valence-electron chi connectivity index (χ0n) is 17.2. The predicted octanol–water partition coefficient (Wildman–Crippen LogP) is 5.09. The first kappa shape index (κ1) is 19.8. The summed E-state index contributed by atoms with van der Waals surface area (Å²) in [7, 11) is 0. The van der Waals surface area contributed by atoms with Crippen molar-refractivity contribution in [2.24, 2.45) is 10.8 Å². The zero-order valence-corrected chi connectivity index (χ0v) is 18.0. The molecule has 1 amide bonds. The van der Waals surface area contributed by atoms with E-state index >= 15 is 0 Å². The van der Waals surface area contributed by atoms with Gasteiger partial charge in [0.2, 0.25) is 0 Å². The lowest BCUT2D eigenvalue weighted by atomic mass is 9.48. The molecule has 2 aromatic rings. The number of nitrogens with zero attached hydrogens (tertiary/aromatic N) is 2. The van der Waals surface area contributed by atoms with Crippen molar-refractivity contribution in [1.29, 1.82) is 5.26 Å². The molecule has 1 heterocycles. The van der Waals surface area contributed by atoms with Crippen molar-refractivity contribution in [2.45, 2.75) is 46.3 Å². The molecule has 0 saturated heterocycles. The van der Waals surface area contributed by atoms with Crippen LogP contribution in [0.15, 0.2) is 42.5 Å². The second kappa shape index (κ2) is 6.78. The number of ether oxygens (including phenoxy) is 1. The standard InChI is InChI=1S/C24H25ClN2O2/c1-23(2)21(27-12-11-15-7-5-6-8-18(15)20(27)28)24(3,4)22(23)29-17-10-9-16(14-26)19(25)13-17/h5-10,13,21-22H,11-12H2,1-4H3/t21-,22-. The summed E-state index contributed by atoms with van der Waals surface area (Å²) in [5, 5.41) is 9.46. The Hall–Kier alpha value is -2.51. The summed E-state index contributed by atoms with van der Waals surface area (Å²) >= 11 is 6.18. The predicted molar refractivity (Wildman–Crippen MR) is 113 cm³/mol. The summed E-state index contributed by atoms with van der Waals surface area (Å²) in [5.41, 5.74) is 1.91.